The summed E-state index contributed by atoms with van der Waals surface area (Å²) < 4.78 is 11.9. The first-order valence-electron chi connectivity index (χ1n) is 5.39. The molecule has 1 aromatic carbocycles. The van der Waals surface area contributed by atoms with Crippen LogP contribution in [0.4, 0.5) is 4.39 Å². The first kappa shape index (κ1) is 11.0. The first-order valence-corrected chi connectivity index (χ1v) is 6.38. The van der Waals surface area contributed by atoms with E-state index in [1.165, 1.54) is 18.4 Å². The molecule has 0 radical (unpaired) electrons. The number of nitrogens with one attached hydrogen (secondary N) is 1. The summed E-state index contributed by atoms with van der Waals surface area (Å²) >= 11 is 1.57. The van der Waals surface area contributed by atoms with Crippen LogP contribution in [0.25, 0.3) is 0 Å². The zero-order valence-corrected chi connectivity index (χ0v) is 9.52. The highest BCUT2D eigenvalue weighted by atomic mass is 32.2. The van der Waals surface area contributed by atoms with Crippen LogP contribution < -0.4 is 5.32 Å². The van der Waals surface area contributed by atoms with Gasteiger partial charge in [-0.25, -0.2) is 0 Å². The summed E-state index contributed by atoms with van der Waals surface area (Å²) in [7, 11) is 0. The Hall–Kier alpha value is -0.540. The minimum absolute atomic E-state index is 0.254. The van der Waals surface area contributed by atoms with Gasteiger partial charge in [-0.15, -0.1) is 11.8 Å². The molecule has 2 rings (SSSR count). The zero-order valence-electron chi connectivity index (χ0n) is 8.71. The Balaban J connectivity index is 1.79. The van der Waals surface area contributed by atoms with Gasteiger partial charge < -0.3 is 5.32 Å². The minimum atomic E-state index is -0.254. The van der Waals surface area contributed by atoms with Crippen molar-refractivity contribution in [2.45, 2.75) is 30.3 Å². The number of rotatable bonds is 6. The smallest absolute Gasteiger partial charge is 0.0988 e. The predicted molar refractivity (Wildman–Crippen MR) is 63.0 cm³/mol. The van der Waals surface area contributed by atoms with Gasteiger partial charge in [0.25, 0.3) is 0 Å². The Kier molecular flexibility index (Phi) is 4.03. The fourth-order valence-electron chi connectivity index (χ4n) is 1.41. The van der Waals surface area contributed by atoms with Gasteiger partial charge in [-0.05, 0) is 30.5 Å². The van der Waals surface area contributed by atoms with E-state index in [4.69, 9.17) is 0 Å². The van der Waals surface area contributed by atoms with Gasteiger partial charge in [-0.3, -0.25) is 4.39 Å². The largest absolute Gasteiger partial charge is 0.310 e. The van der Waals surface area contributed by atoms with Crippen molar-refractivity contribution >= 4 is 11.8 Å². The molecule has 0 amide bonds. The summed E-state index contributed by atoms with van der Waals surface area (Å²) in [5.41, 5.74) is 1.31. The number of halogens is 1. The van der Waals surface area contributed by atoms with Gasteiger partial charge in [0.1, 0.15) is 0 Å². The maximum Gasteiger partial charge on any atom is 0.0988 e. The third kappa shape index (κ3) is 3.84. The highest BCUT2D eigenvalue weighted by molar-refractivity contribution is 7.99. The number of alkyl halides is 1. The summed E-state index contributed by atoms with van der Waals surface area (Å²) in [4.78, 5) is 1.16. The Morgan fingerprint density at radius 1 is 1.27 bits per heavy atom. The molecule has 1 aliphatic rings. The SMILES string of the molecule is FCCSc1ccc(CNC2CC2)cc1. The molecule has 15 heavy (non-hydrogen) atoms. The monoisotopic (exact) mass is 225 g/mol. The first-order chi connectivity index (χ1) is 7.38. The molecule has 0 spiro atoms. The normalized spacial score (nSPS) is 15.5. The van der Waals surface area contributed by atoms with Crippen LogP contribution in [0.1, 0.15) is 18.4 Å². The third-order valence-electron chi connectivity index (χ3n) is 2.44. The molecule has 0 saturated heterocycles. The second-order valence-electron chi connectivity index (χ2n) is 3.84. The van der Waals surface area contributed by atoms with Crippen molar-refractivity contribution in [3.63, 3.8) is 0 Å². The van der Waals surface area contributed by atoms with Crippen molar-refractivity contribution in [1.29, 1.82) is 0 Å². The Morgan fingerprint density at radius 3 is 2.60 bits per heavy atom. The van der Waals surface area contributed by atoms with Crippen LogP contribution >= 0.6 is 11.8 Å². The van der Waals surface area contributed by atoms with E-state index in [2.05, 4.69) is 29.6 Å². The third-order valence-corrected chi connectivity index (χ3v) is 3.41. The second kappa shape index (κ2) is 5.52. The van der Waals surface area contributed by atoms with E-state index < -0.39 is 0 Å². The van der Waals surface area contributed by atoms with Crippen molar-refractivity contribution in [1.82, 2.24) is 5.32 Å². The van der Waals surface area contributed by atoms with Gasteiger partial charge >= 0.3 is 0 Å². The lowest BCUT2D eigenvalue weighted by Gasteiger charge is -2.04. The molecule has 1 nitrogen and oxygen atoms in total. The highest BCUT2D eigenvalue weighted by Crippen LogP contribution is 2.21. The fourth-order valence-corrected chi connectivity index (χ4v) is 2.05. The molecule has 0 bridgehead atoms. The molecular weight excluding hydrogens is 209 g/mol. The van der Waals surface area contributed by atoms with Gasteiger partial charge in [0.2, 0.25) is 0 Å². The summed E-state index contributed by atoms with van der Waals surface area (Å²) in [5, 5.41) is 3.47. The molecule has 0 aromatic heterocycles. The lowest BCUT2D eigenvalue weighted by atomic mass is 10.2. The van der Waals surface area contributed by atoms with Crippen molar-refractivity contribution in [3.05, 3.63) is 29.8 Å². The fraction of sp³-hybridized carbons (Fsp3) is 0.500. The standard InChI is InChI=1S/C12H16FNS/c13-7-8-15-12-5-1-10(2-6-12)9-14-11-3-4-11/h1-2,5-6,11,14H,3-4,7-9H2. The van der Waals surface area contributed by atoms with Crippen LogP contribution in [-0.4, -0.2) is 18.5 Å². The Morgan fingerprint density at radius 2 is 2.00 bits per heavy atom. The highest BCUT2D eigenvalue weighted by Gasteiger charge is 2.19. The van der Waals surface area contributed by atoms with Gasteiger partial charge in [-0.2, -0.15) is 0 Å². The molecule has 3 heteroatoms. The Labute approximate surface area is 94.5 Å². The van der Waals surface area contributed by atoms with Crippen LogP contribution in [-0.2, 0) is 6.54 Å². The van der Waals surface area contributed by atoms with E-state index in [9.17, 15) is 4.39 Å². The molecule has 1 aromatic rings. The lowest BCUT2D eigenvalue weighted by molar-refractivity contribution is 0.533. The number of hydrogen-bond acceptors (Lipinski definition) is 2. The average Bonchev–Trinajstić information content (AvgIpc) is 3.09. The van der Waals surface area contributed by atoms with Crippen molar-refractivity contribution < 1.29 is 4.39 Å². The van der Waals surface area contributed by atoms with E-state index in [1.807, 2.05) is 0 Å². The van der Waals surface area contributed by atoms with Crippen LogP contribution in [0.15, 0.2) is 29.2 Å². The molecule has 0 atom stereocenters. The molecule has 0 unspecified atom stereocenters. The molecule has 82 valence electrons. The molecular formula is C12H16FNS. The number of hydrogen-bond donors (Lipinski definition) is 1. The maximum absolute atomic E-state index is 11.9. The molecule has 0 heterocycles. The van der Waals surface area contributed by atoms with E-state index in [1.54, 1.807) is 11.8 Å². The summed E-state index contributed by atoms with van der Waals surface area (Å²) in [6.07, 6.45) is 2.65. The summed E-state index contributed by atoms with van der Waals surface area (Å²) in [5.74, 6) is 0.555. The molecule has 1 aliphatic carbocycles. The predicted octanol–water partition coefficient (Wildman–Crippen LogP) is 3.00. The molecule has 1 saturated carbocycles. The Bertz CT molecular complexity index is 295. The number of benzene rings is 1. The lowest BCUT2D eigenvalue weighted by Crippen LogP contribution is -2.14. The van der Waals surface area contributed by atoms with Gasteiger partial charge in [0.05, 0.1) is 6.67 Å². The van der Waals surface area contributed by atoms with E-state index in [0.29, 0.717) is 5.75 Å². The molecule has 1 fully saturated rings. The van der Waals surface area contributed by atoms with Gasteiger partial charge in [-0.1, -0.05) is 12.1 Å². The van der Waals surface area contributed by atoms with Crippen LogP contribution in [0.2, 0.25) is 0 Å². The summed E-state index contributed by atoms with van der Waals surface area (Å²) in [6, 6.07) is 9.14. The summed E-state index contributed by atoms with van der Waals surface area (Å²) in [6.45, 7) is 0.703. The van der Waals surface area contributed by atoms with Crippen molar-refractivity contribution in [2.24, 2.45) is 0 Å². The molecule has 1 N–H and O–H groups in total. The maximum atomic E-state index is 11.9. The van der Waals surface area contributed by atoms with Crippen LogP contribution in [0, 0.1) is 0 Å². The number of thioether (sulfide) groups is 1. The van der Waals surface area contributed by atoms with Crippen molar-refractivity contribution in [3.8, 4) is 0 Å². The quantitative estimate of drug-likeness (QED) is 0.747. The second-order valence-corrected chi connectivity index (χ2v) is 5.00. The van der Waals surface area contributed by atoms with Crippen molar-refractivity contribution in [2.75, 3.05) is 12.4 Å². The average molecular weight is 225 g/mol. The van der Waals surface area contributed by atoms with Crippen LogP contribution in [0.5, 0.6) is 0 Å². The van der Waals surface area contributed by atoms with Gasteiger partial charge in [0, 0.05) is 23.2 Å². The van der Waals surface area contributed by atoms with E-state index in [0.717, 1.165) is 17.5 Å². The zero-order chi connectivity index (χ0) is 10.5. The molecule has 0 aliphatic heterocycles. The topological polar surface area (TPSA) is 12.0 Å². The van der Waals surface area contributed by atoms with E-state index >= 15 is 0 Å². The van der Waals surface area contributed by atoms with Crippen LogP contribution in [0.3, 0.4) is 0 Å². The minimum Gasteiger partial charge on any atom is -0.310 e. The van der Waals surface area contributed by atoms with Gasteiger partial charge in [0.15, 0.2) is 0 Å². The van der Waals surface area contributed by atoms with E-state index in [-0.39, 0.29) is 6.67 Å².